The second-order valence-electron chi connectivity index (χ2n) is 5.06. The first kappa shape index (κ1) is 14.3. The van der Waals surface area contributed by atoms with Crippen molar-refractivity contribution in [3.8, 4) is 6.07 Å². The lowest BCUT2D eigenvalue weighted by Gasteiger charge is -2.28. The Balaban J connectivity index is 2.84. The van der Waals surface area contributed by atoms with Gasteiger partial charge in [0.15, 0.2) is 5.54 Å². The number of benzene rings is 1. The van der Waals surface area contributed by atoms with Crippen molar-refractivity contribution >= 4 is 5.69 Å². The Morgan fingerprint density at radius 3 is 2.33 bits per heavy atom. The Labute approximate surface area is 108 Å². The summed E-state index contributed by atoms with van der Waals surface area (Å²) in [5.41, 5.74) is -0.538. The van der Waals surface area contributed by atoms with Crippen LogP contribution in [0.25, 0.3) is 0 Å². The molecule has 4 heteroatoms. The van der Waals surface area contributed by atoms with Gasteiger partial charge >= 0.3 is 0 Å². The largest absolute Gasteiger partial charge is 0.379 e. The summed E-state index contributed by atoms with van der Waals surface area (Å²) in [5, 5.41) is 17.5. The van der Waals surface area contributed by atoms with Crippen LogP contribution in [0, 0.1) is 11.3 Å². The van der Waals surface area contributed by atoms with Gasteiger partial charge in [-0.05, 0) is 32.9 Å². The van der Waals surface area contributed by atoms with Gasteiger partial charge in [-0.1, -0.05) is 18.2 Å². The summed E-state index contributed by atoms with van der Waals surface area (Å²) in [5.74, 6) is 0. The molecule has 0 fully saturated rings. The van der Waals surface area contributed by atoms with Gasteiger partial charge in [0.25, 0.3) is 0 Å². The normalized spacial score (nSPS) is 15.3. The van der Waals surface area contributed by atoms with Crippen molar-refractivity contribution in [2.45, 2.75) is 38.3 Å². The van der Waals surface area contributed by atoms with Crippen molar-refractivity contribution in [3.63, 3.8) is 0 Å². The summed E-state index contributed by atoms with van der Waals surface area (Å²) in [6.45, 7) is 5.63. The van der Waals surface area contributed by atoms with Crippen LogP contribution < -0.4 is 0 Å². The third-order valence-electron chi connectivity index (χ3n) is 2.71. The van der Waals surface area contributed by atoms with E-state index >= 15 is 0 Å². The highest BCUT2D eigenvalue weighted by molar-refractivity contribution is 5.35. The lowest BCUT2D eigenvalue weighted by Crippen LogP contribution is -2.34. The van der Waals surface area contributed by atoms with Crippen LogP contribution in [-0.2, 0) is 4.74 Å². The van der Waals surface area contributed by atoms with E-state index in [0.717, 1.165) is 5.69 Å². The number of rotatable bonds is 5. The smallest absolute Gasteiger partial charge is 0.167 e. The van der Waals surface area contributed by atoms with Crippen LogP contribution in [0.3, 0.4) is 0 Å². The van der Waals surface area contributed by atoms with Crippen molar-refractivity contribution in [2.24, 2.45) is 10.2 Å². The van der Waals surface area contributed by atoms with E-state index in [9.17, 15) is 5.26 Å². The molecule has 96 valence electrons. The monoisotopic (exact) mass is 245 g/mol. The molecule has 1 aromatic carbocycles. The van der Waals surface area contributed by atoms with Crippen molar-refractivity contribution in [1.82, 2.24) is 0 Å². The van der Waals surface area contributed by atoms with Gasteiger partial charge in [0, 0.05) is 13.5 Å². The predicted octanol–water partition coefficient (Wildman–Crippen LogP) is 3.87. The number of hydrogen-bond donors (Lipinski definition) is 0. The zero-order valence-electron chi connectivity index (χ0n) is 11.3. The number of nitrogens with zero attached hydrogens (tertiary/aromatic N) is 3. The lowest BCUT2D eigenvalue weighted by atomic mass is 9.90. The molecule has 0 bridgehead atoms. The second-order valence-corrected chi connectivity index (χ2v) is 5.06. The third kappa shape index (κ3) is 4.27. The van der Waals surface area contributed by atoms with Crippen LogP contribution in [0.15, 0.2) is 40.6 Å². The maximum atomic E-state index is 9.26. The summed E-state index contributed by atoms with van der Waals surface area (Å²) < 4.78 is 5.33. The summed E-state index contributed by atoms with van der Waals surface area (Å²) in [7, 11) is 1.63. The summed E-state index contributed by atoms with van der Waals surface area (Å²) in [6, 6.07) is 11.6. The summed E-state index contributed by atoms with van der Waals surface area (Å²) in [4.78, 5) is 0. The maximum absolute atomic E-state index is 9.26. The molecule has 0 aliphatic rings. The first-order chi connectivity index (χ1) is 8.41. The van der Waals surface area contributed by atoms with Gasteiger partial charge in [0.1, 0.15) is 0 Å². The Morgan fingerprint density at radius 1 is 1.22 bits per heavy atom. The molecule has 0 aromatic heterocycles. The van der Waals surface area contributed by atoms with Crippen molar-refractivity contribution in [2.75, 3.05) is 7.11 Å². The van der Waals surface area contributed by atoms with E-state index in [1.54, 1.807) is 14.0 Å². The van der Waals surface area contributed by atoms with Gasteiger partial charge in [0.2, 0.25) is 0 Å². The fourth-order valence-electron chi connectivity index (χ4n) is 1.66. The molecule has 1 rings (SSSR count). The van der Waals surface area contributed by atoms with Crippen LogP contribution >= 0.6 is 0 Å². The molecule has 0 saturated heterocycles. The molecule has 1 atom stereocenters. The average Bonchev–Trinajstić information content (AvgIpc) is 2.37. The molecule has 1 unspecified atom stereocenters. The second kappa shape index (κ2) is 5.74. The number of azo groups is 1. The first-order valence-corrected chi connectivity index (χ1v) is 5.85. The van der Waals surface area contributed by atoms with Crippen LogP contribution in [0.1, 0.15) is 27.2 Å². The summed E-state index contributed by atoms with van der Waals surface area (Å²) >= 11 is 0. The van der Waals surface area contributed by atoms with E-state index in [0.29, 0.717) is 6.42 Å². The molecule has 4 nitrogen and oxygen atoms in total. The van der Waals surface area contributed by atoms with Crippen molar-refractivity contribution in [3.05, 3.63) is 30.3 Å². The van der Waals surface area contributed by atoms with Gasteiger partial charge in [-0.3, -0.25) is 0 Å². The molecule has 0 aliphatic carbocycles. The van der Waals surface area contributed by atoms with Crippen LogP contribution in [0.5, 0.6) is 0 Å². The number of methoxy groups -OCH3 is 1. The van der Waals surface area contributed by atoms with E-state index < -0.39 is 11.1 Å². The number of nitriles is 1. The molecule has 0 heterocycles. The molecule has 0 spiro atoms. The SMILES string of the molecule is COC(C)(C)CC(C)(C#N)/N=N/c1ccccc1. The van der Waals surface area contributed by atoms with Crippen molar-refractivity contribution < 1.29 is 4.74 Å². The van der Waals surface area contributed by atoms with Gasteiger partial charge < -0.3 is 4.74 Å². The third-order valence-corrected chi connectivity index (χ3v) is 2.71. The van der Waals surface area contributed by atoms with Crippen LogP contribution in [0.4, 0.5) is 5.69 Å². The standard InChI is InChI=1S/C14H19N3O/c1-13(2,18-4)10-14(3,11-15)17-16-12-8-6-5-7-9-12/h5-9H,10H2,1-4H3/b17-16+. The lowest BCUT2D eigenvalue weighted by molar-refractivity contribution is 0.00493. The molecule has 18 heavy (non-hydrogen) atoms. The Kier molecular flexibility index (Phi) is 4.57. The van der Waals surface area contributed by atoms with Gasteiger partial charge in [-0.15, -0.1) is 0 Å². The van der Waals surface area contributed by atoms with E-state index in [2.05, 4.69) is 16.3 Å². The fourth-order valence-corrected chi connectivity index (χ4v) is 1.66. The Morgan fingerprint density at radius 2 is 1.83 bits per heavy atom. The minimum Gasteiger partial charge on any atom is -0.379 e. The molecule has 1 aromatic rings. The van der Waals surface area contributed by atoms with Crippen molar-refractivity contribution in [1.29, 1.82) is 5.26 Å². The highest BCUT2D eigenvalue weighted by Gasteiger charge is 2.32. The van der Waals surface area contributed by atoms with Gasteiger partial charge in [-0.2, -0.15) is 15.5 Å². The topological polar surface area (TPSA) is 57.7 Å². The molecular weight excluding hydrogens is 226 g/mol. The van der Waals surface area contributed by atoms with Gasteiger partial charge in [0.05, 0.1) is 17.4 Å². The minimum atomic E-state index is -0.880. The zero-order valence-corrected chi connectivity index (χ0v) is 11.3. The fraction of sp³-hybridized carbons (Fsp3) is 0.500. The molecule has 0 N–H and O–H groups in total. The maximum Gasteiger partial charge on any atom is 0.167 e. The average molecular weight is 245 g/mol. The highest BCUT2D eigenvalue weighted by Crippen LogP contribution is 2.27. The van der Waals surface area contributed by atoms with Crippen LogP contribution in [-0.4, -0.2) is 18.2 Å². The number of hydrogen-bond acceptors (Lipinski definition) is 4. The summed E-state index contributed by atoms with van der Waals surface area (Å²) in [6.07, 6.45) is 0.489. The quantitative estimate of drug-likeness (QED) is 0.739. The van der Waals surface area contributed by atoms with E-state index in [-0.39, 0.29) is 0 Å². The molecular formula is C14H19N3O. The Hall–Kier alpha value is -1.73. The first-order valence-electron chi connectivity index (χ1n) is 5.85. The molecule has 0 amide bonds. The predicted molar refractivity (Wildman–Crippen MR) is 70.7 cm³/mol. The van der Waals surface area contributed by atoms with Crippen LogP contribution in [0.2, 0.25) is 0 Å². The van der Waals surface area contributed by atoms with Gasteiger partial charge in [-0.25, -0.2) is 0 Å². The highest BCUT2D eigenvalue weighted by atomic mass is 16.5. The van der Waals surface area contributed by atoms with E-state index in [1.165, 1.54) is 0 Å². The zero-order chi connectivity index (χ0) is 13.6. The van der Waals surface area contributed by atoms with E-state index in [4.69, 9.17) is 4.74 Å². The molecule has 0 radical (unpaired) electrons. The minimum absolute atomic E-state index is 0.403. The number of ether oxygens (including phenoxy) is 1. The molecule has 0 saturated carbocycles. The van der Waals surface area contributed by atoms with E-state index in [1.807, 2.05) is 44.2 Å². The Bertz CT molecular complexity index is 448. The molecule has 0 aliphatic heterocycles.